The van der Waals surface area contributed by atoms with Crippen LogP contribution in [-0.4, -0.2) is 35.1 Å². The number of nitrogens with zero attached hydrogens (tertiary/aromatic N) is 2. The number of rotatable bonds is 3. The average molecular weight is 383 g/mol. The lowest BCUT2D eigenvalue weighted by Crippen LogP contribution is -2.05. The fraction of sp³-hybridized carbons (Fsp3) is 0.0870. The Morgan fingerprint density at radius 1 is 0.931 bits per heavy atom. The van der Waals surface area contributed by atoms with E-state index in [1.54, 1.807) is 13.2 Å². The monoisotopic (exact) mass is 383 g/mol. The van der Waals surface area contributed by atoms with Crippen LogP contribution in [0.1, 0.15) is 10.5 Å². The summed E-state index contributed by atoms with van der Waals surface area (Å²) in [6, 6.07) is 19.3. The highest BCUT2D eigenvalue weighted by molar-refractivity contribution is 6.12. The second kappa shape index (κ2) is 6.60. The van der Waals surface area contributed by atoms with Gasteiger partial charge in [0.25, 0.3) is 0 Å². The molecule has 5 rings (SSSR count). The molecule has 0 saturated heterocycles. The van der Waals surface area contributed by atoms with E-state index < -0.39 is 5.97 Å². The van der Waals surface area contributed by atoms with E-state index in [1.807, 2.05) is 54.6 Å². The Bertz CT molecular complexity index is 1410. The molecule has 3 aromatic heterocycles. The molecule has 0 aliphatic rings. The van der Waals surface area contributed by atoms with Gasteiger partial charge >= 0.3 is 5.97 Å². The Balaban J connectivity index is 1.83. The maximum atomic E-state index is 12.3. The third kappa shape index (κ3) is 2.77. The highest BCUT2D eigenvalue weighted by Crippen LogP contribution is 2.33. The number of hydrogen-bond acceptors (Lipinski definition) is 5. The van der Waals surface area contributed by atoms with Crippen LogP contribution in [0, 0.1) is 0 Å². The normalized spacial score (nSPS) is 11.2. The molecule has 6 heteroatoms. The summed E-state index contributed by atoms with van der Waals surface area (Å²) < 4.78 is 10.2. The Labute approximate surface area is 166 Å². The second-order valence-corrected chi connectivity index (χ2v) is 6.70. The fourth-order valence-corrected chi connectivity index (χ4v) is 3.60. The number of aromatic nitrogens is 3. The summed E-state index contributed by atoms with van der Waals surface area (Å²) in [6.07, 6.45) is 0. The van der Waals surface area contributed by atoms with Crippen molar-refractivity contribution in [3.8, 4) is 17.1 Å². The number of esters is 1. The highest BCUT2D eigenvalue weighted by Gasteiger charge is 2.18. The lowest BCUT2D eigenvalue weighted by Gasteiger charge is -2.08. The molecule has 2 aromatic carbocycles. The molecular formula is C23H17N3O3. The molecule has 0 unspecified atom stereocenters. The van der Waals surface area contributed by atoms with Crippen molar-refractivity contribution < 1.29 is 14.3 Å². The molecule has 0 saturated carbocycles. The third-order valence-electron chi connectivity index (χ3n) is 5.03. The maximum absolute atomic E-state index is 12.3. The quantitative estimate of drug-likeness (QED) is 0.456. The molecule has 0 bridgehead atoms. The van der Waals surface area contributed by atoms with Gasteiger partial charge in [0.2, 0.25) is 0 Å². The Morgan fingerprint density at radius 3 is 2.59 bits per heavy atom. The molecule has 5 aromatic rings. The number of carbonyl (C=O) groups is 1. The number of carbonyl (C=O) groups excluding carboxylic acids is 1. The summed E-state index contributed by atoms with van der Waals surface area (Å²) in [5.41, 5.74) is 4.09. The summed E-state index contributed by atoms with van der Waals surface area (Å²) in [4.78, 5) is 25.1. The van der Waals surface area contributed by atoms with Crippen molar-refractivity contribution in [3.05, 3.63) is 66.4 Å². The number of aromatic amines is 1. The smallest absolute Gasteiger partial charge is 0.356 e. The molecule has 0 amide bonds. The van der Waals surface area contributed by atoms with E-state index in [-0.39, 0.29) is 5.69 Å². The number of ether oxygens (including phenoxy) is 2. The van der Waals surface area contributed by atoms with E-state index in [0.717, 1.165) is 38.5 Å². The van der Waals surface area contributed by atoms with Crippen molar-refractivity contribution in [2.45, 2.75) is 0 Å². The minimum absolute atomic E-state index is 0.243. The van der Waals surface area contributed by atoms with Crippen molar-refractivity contribution in [1.82, 2.24) is 15.0 Å². The molecule has 0 radical (unpaired) electrons. The molecule has 142 valence electrons. The Kier molecular flexibility index (Phi) is 3.91. The van der Waals surface area contributed by atoms with Gasteiger partial charge in [-0.25, -0.2) is 14.8 Å². The van der Waals surface area contributed by atoms with Gasteiger partial charge < -0.3 is 14.5 Å². The van der Waals surface area contributed by atoms with Crippen molar-refractivity contribution in [3.63, 3.8) is 0 Å². The Morgan fingerprint density at radius 2 is 1.76 bits per heavy atom. The molecular weight excluding hydrogens is 366 g/mol. The number of H-pyrrole nitrogens is 1. The number of hydrogen-bond donors (Lipinski definition) is 1. The number of nitrogens with one attached hydrogen (secondary N) is 1. The van der Waals surface area contributed by atoms with Crippen LogP contribution in [0.25, 0.3) is 44.1 Å². The summed E-state index contributed by atoms with van der Waals surface area (Å²) >= 11 is 0. The average Bonchev–Trinajstić information content (AvgIpc) is 3.15. The van der Waals surface area contributed by atoms with Crippen molar-refractivity contribution in [2.75, 3.05) is 14.2 Å². The van der Waals surface area contributed by atoms with Gasteiger partial charge in [0.1, 0.15) is 17.1 Å². The van der Waals surface area contributed by atoms with Crippen LogP contribution in [0.2, 0.25) is 0 Å². The molecule has 0 spiro atoms. The summed E-state index contributed by atoms with van der Waals surface area (Å²) in [5.74, 6) is 0.245. The summed E-state index contributed by atoms with van der Waals surface area (Å²) in [7, 11) is 2.98. The molecule has 1 N–H and O–H groups in total. The van der Waals surface area contributed by atoms with Gasteiger partial charge in [-0.2, -0.15) is 0 Å². The first kappa shape index (κ1) is 17.2. The number of fused-ring (bicyclic) bond motifs is 4. The third-order valence-corrected chi connectivity index (χ3v) is 5.03. The zero-order chi connectivity index (χ0) is 20.0. The van der Waals surface area contributed by atoms with E-state index in [9.17, 15) is 4.79 Å². The van der Waals surface area contributed by atoms with Crippen LogP contribution in [-0.2, 0) is 4.74 Å². The van der Waals surface area contributed by atoms with Crippen LogP contribution < -0.4 is 4.74 Å². The number of methoxy groups -OCH3 is 2. The standard InChI is InChI=1S/C23H17N3O3/c1-28-14-9-7-13-8-10-18(24-19(13)11-14)22-21-16(12-20(26-22)23(27)29-2)15-5-3-4-6-17(15)25-21/h3-12,25H,1-2H3. The predicted molar refractivity (Wildman–Crippen MR) is 112 cm³/mol. The molecule has 6 nitrogen and oxygen atoms in total. The van der Waals surface area contributed by atoms with Gasteiger partial charge in [0.05, 0.1) is 30.9 Å². The van der Waals surface area contributed by atoms with Crippen molar-refractivity contribution >= 4 is 38.7 Å². The van der Waals surface area contributed by atoms with E-state index >= 15 is 0 Å². The van der Waals surface area contributed by atoms with Crippen LogP contribution in [0.3, 0.4) is 0 Å². The van der Waals surface area contributed by atoms with Crippen LogP contribution >= 0.6 is 0 Å². The van der Waals surface area contributed by atoms with Gasteiger partial charge in [0, 0.05) is 27.7 Å². The van der Waals surface area contributed by atoms with Gasteiger partial charge in [-0.15, -0.1) is 0 Å². The Hall–Kier alpha value is -3.93. The molecule has 3 heterocycles. The number of pyridine rings is 2. The van der Waals surface area contributed by atoms with Crippen molar-refractivity contribution in [2.24, 2.45) is 0 Å². The SMILES string of the molecule is COC(=O)c1cc2c([nH]c3ccccc32)c(-c2ccc3ccc(OC)cc3n2)n1. The molecule has 29 heavy (non-hydrogen) atoms. The number of para-hydroxylation sites is 1. The first-order valence-electron chi connectivity index (χ1n) is 9.13. The van der Waals surface area contributed by atoms with Gasteiger partial charge in [0.15, 0.2) is 0 Å². The molecule has 0 atom stereocenters. The molecule has 0 fully saturated rings. The zero-order valence-electron chi connectivity index (χ0n) is 15.9. The second-order valence-electron chi connectivity index (χ2n) is 6.70. The first-order valence-corrected chi connectivity index (χ1v) is 9.13. The maximum Gasteiger partial charge on any atom is 0.356 e. The summed E-state index contributed by atoms with van der Waals surface area (Å²) in [6.45, 7) is 0. The fourth-order valence-electron chi connectivity index (χ4n) is 3.60. The topological polar surface area (TPSA) is 77.1 Å². The molecule has 0 aliphatic heterocycles. The highest BCUT2D eigenvalue weighted by atomic mass is 16.5. The van der Waals surface area contributed by atoms with Crippen LogP contribution in [0.4, 0.5) is 0 Å². The van der Waals surface area contributed by atoms with Gasteiger partial charge in [-0.1, -0.05) is 24.3 Å². The van der Waals surface area contributed by atoms with Crippen LogP contribution in [0.5, 0.6) is 5.75 Å². The van der Waals surface area contributed by atoms with Gasteiger partial charge in [-0.05, 0) is 30.3 Å². The number of benzene rings is 2. The zero-order valence-corrected chi connectivity index (χ0v) is 15.9. The first-order chi connectivity index (χ1) is 14.2. The van der Waals surface area contributed by atoms with E-state index in [1.165, 1.54) is 7.11 Å². The van der Waals surface area contributed by atoms with Gasteiger partial charge in [-0.3, -0.25) is 0 Å². The van der Waals surface area contributed by atoms with E-state index in [2.05, 4.69) is 9.97 Å². The van der Waals surface area contributed by atoms with E-state index in [0.29, 0.717) is 11.4 Å². The minimum atomic E-state index is -0.485. The summed E-state index contributed by atoms with van der Waals surface area (Å²) in [5, 5.41) is 2.91. The lowest BCUT2D eigenvalue weighted by atomic mass is 10.1. The largest absolute Gasteiger partial charge is 0.497 e. The minimum Gasteiger partial charge on any atom is -0.497 e. The molecule has 0 aliphatic carbocycles. The van der Waals surface area contributed by atoms with Crippen LogP contribution in [0.15, 0.2) is 60.7 Å². The van der Waals surface area contributed by atoms with Crippen molar-refractivity contribution in [1.29, 1.82) is 0 Å². The lowest BCUT2D eigenvalue weighted by molar-refractivity contribution is 0.0594. The van der Waals surface area contributed by atoms with E-state index in [4.69, 9.17) is 14.5 Å². The predicted octanol–water partition coefficient (Wildman–Crippen LogP) is 4.73.